The maximum atomic E-state index is 13.1. The number of hydrogen-bond donors (Lipinski definition) is 0. The molecule has 0 atom stereocenters. The summed E-state index contributed by atoms with van der Waals surface area (Å²) < 4.78 is 42.8. The van der Waals surface area contributed by atoms with Crippen molar-refractivity contribution >= 4 is 5.97 Å². The summed E-state index contributed by atoms with van der Waals surface area (Å²) in [7, 11) is 0. The highest BCUT2D eigenvalue weighted by Gasteiger charge is 2.24. The molecule has 3 nitrogen and oxygen atoms in total. The highest BCUT2D eigenvalue weighted by molar-refractivity contribution is 5.92. The molecule has 0 amide bonds. The lowest BCUT2D eigenvalue weighted by Gasteiger charge is -2.10. The fourth-order valence-electron chi connectivity index (χ4n) is 1.25. The van der Waals surface area contributed by atoms with Gasteiger partial charge in [0.15, 0.2) is 0 Å². The van der Waals surface area contributed by atoms with Gasteiger partial charge < -0.3 is 4.74 Å². The van der Waals surface area contributed by atoms with Gasteiger partial charge in [-0.2, -0.15) is 4.39 Å². The lowest BCUT2D eigenvalue weighted by atomic mass is 10.1. The number of rotatable bonds is 3. The number of aromatic nitrogens is 1. The van der Waals surface area contributed by atoms with Gasteiger partial charge >= 0.3 is 5.97 Å². The van der Waals surface area contributed by atoms with E-state index in [0.717, 1.165) is 0 Å². The molecular formula is C10H10F3NO2. The maximum Gasteiger partial charge on any atom is 0.339 e. The van der Waals surface area contributed by atoms with Crippen LogP contribution in [0.1, 0.15) is 34.8 Å². The lowest BCUT2D eigenvalue weighted by Crippen LogP contribution is -2.13. The van der Waals surface area contributed by atoms with Crippen molar-refractivity contribution in [2.45, 2.75) is 20.3 Å². The van der Waals surface area contributed by atoms with E-state index in [4.69, 9.17) is 0 Å². The van der Waals surface area contributed by atoms with Gasteiger partial charge in [-0.15, -0.1) is 0 Å². The number of ether oxygens (including phenoxy) is 1. The van der Waals surface area contributed by atoms with Gasteiger partial charge in [-0.25, -0.2) is 18.6 Å². The van der Waals surface area contributed by atoms with Crippen LogP contribution in [-0.4, -0.2) is 17.6 Å². The van der Waals surface area contributed by atoms with Crippen LogP contribution in [0.4, 0.5) is 13.2 Å². The van der Waals surface area contributed by atoms with Gasteiger partial charge in [0.1, 0.15) is 0 Å². The van der Waals surface area contributed by atoms with Crippen molar-refractivity contribution in [1.29, 1.82) is 0 Å². The third-order valence-electron chi connectivity index (χ3n) is 2.00. The maximum absolute atomic E-state index is 13.1. The number of pyridine rings is 1. The van der Waals surface area contributed by atoms with Crippen LogP contribution in [0.25, 0.3) is 0 Å². The second-order valence-corrected chi connectivity index (χ2v) is 3.03. The number of nitrogens with zero attached hydrogens (tertiary/aromatic N) is 1. The Morgan fingerprint density at radius 1 is 1.56 bits per heavy atom. The molecular weight excluding hydrogens is 223 g/mol. The highest BCUT2D eigenvalue weighted by Crippen LogP contribution is 2.26. The van der Waals surface area contributed by atoms with Crippen LogP contribution in [0, 0.1) is 12.9 Å². The van der Waals surface area contributed by atoms with Gasteiger partial charge in [-0.1, -0.05) is 0 Å². The minimum absolute atomic E-state index is 0.0326. The van der Waals surface area contributed by atoms with Crippen molar-refractivity contribution in [3.05, 3.63) is 28.8 Å². The van der Waals surface area contributed by atoms with E-state index in [1.54, 1.807) is 0 Å². The van der Waals surface area contributed by atoms with Crippen LogP contribution in [0.15, 0.2) is 6.20 Å². The molecule has 16 heavy (non-hydrogen) atoms. The van der Waals surface area contributed by atoms with Crippen molar-refractivity contribution in [1.82, 2.24) is 4.98 Å². The molecule has 0 saturated heterocycles. The zero-order valence-corrected chi connectivity index (χ0v) is 8.76. The molecule has 0 radical (unpaired) electrons. The summed E-state index contributed by atoms with van der Waals surface area (Å²) in [5.74, 6) is -1.91. The summed E-state index contributed by atoms with van der Waals surface area (Å²) >= 11 is 0. The lowest BCUT2D eigenvalue weighted by molar-refractivity contribution is 0.0513. The van der Waals surface area contributed by atoms with E-state index in [-0.39, 0.29) is 12.2 Å². The molecule has 0 N–H and O–H groups in total. The van der Waals surface area contributed by atoms with E-state index in [1.165, 1.54) is 13.8 Å². The van der Waals surface area contributed by atoms with E-state index >= 15 is 0 Å². The number of carbonyl (C=O) groups excluding carboxylic acids is 1. The first-order valence-electron chi connectivity index (χ1n) is 4.59. The molecule has 1 aromatic rings. The van der Waals surface area contributed by atoms with Gasteiger partial charge in [0.2, 0.25) is 5.95 Å². The predicted molar refractivity (Wildman–Crippen MR) is 49.8 cm³/mol. The van der Waals surface area contributed by atoms with E-state index < -0.39 is 29.5 Å². The molecule has 0 spiro atoms. The fourth-order valence-corrected chi connectivity index (χ4v) is 1.25. The largest absolute Gasteiger partial charge is 0.462 e. The third kappa shape index (κ3) is 2.32. The quantitative estimate of drug-likeness (QED) is 0.595. The predicted octanol–water partition coefficient (Wildman–Crippen LogP) is 2.64. The van der Waals surface area contributed by atoms with Crippen LogP contribution < -0.4 is 0 Å². The highest BCUT2D eigenvalue weighted by atomic mass is 19.3. The minimum atomic E-state index is -2.90. The van der Waals surface area contributed by atoms with Gasteiger partial charge in [-0.3, -0.25) is 0 Å². The summed E-state index contributed by atoms with van der Waals surface area (Å²) in [4.78, 5) is 14.5. The summed E-state index contributed by atoms with van der Waals surface area (Å²) in [6.45, 7) is 2.78. The smallest absolute Gasteiger partial charge is 0.339 e. The van der Waals surface area contributed by atoms with E-state index in [9.17, 15) is 18.0 Å². The van der Waals surface area contributed by atoms with Gasteiger partial charge in [0.25, 0.3) is 6.43 Å². The van der Waals surface area contributed by atoms with Crippen molar-refractivity contribution in [2.24, 2.45) is 0 Å². The zero-order valence-electron chi connectivity index (χ0n) is 8.76. The topological polar surface area (TPSA) is 39.2 Å². The first-order chi connectivity index (χ1) is 7.49. The summed E-state index contributed by atoms with van der Waals surface area (Å²) in [5.41, 5.74) is -1.28. The van der Waals surface area contributed by atoms with Gasteiger partial charge in [-0.05, 0) is 13.8 Å². The molecule has 0 unspecified atom stereocenters. The Morgan fingerprint density at radius 2 is 2.19 bits per heavy atom. The van der Waals surface area contributed by atoms with E-state index in [1.807, 2.05) is 0 Å². The fraction of sp³-hybridized carbons (Fsp3) is 0.400. The Hall–Kier alpha value is -1.59. The molecule has 6 heteroatoms. The Morgan fingerprint density at radius 3 is 2.69 bits per heavy atom. The molecule has 0 aliphatic heterocycles. The van der Waals surface area contributed by atoms with Crippen molar-refractivity contribution in [3.8, 4) is 0 Å². The average molecular weight is 233 g/mol. The van der Waals surface area contributed by atoms with Crippen LogP contribution >= 0.6 is 0 Å². The van der Waals surface area contributed by atoms with Crippen LogP contribution in [-0.2, 0) is 4.74 Å². The number of esters is 1. The Bertz CT molecular complexity index is 407. The number of halogens is 3. The summed E-state index contributed by atoms with van der Waals surface area (Å²) in [6.07, 6.45) is -2.24. The van der Waals surface area contributed by atoms with Crippen LogP contribution in [0.5, 0.6) is 0 Å². The SMILES string of the molecule is CCOC(=O)c1c(C(F)F)cnc(F)c1C. The second-order valence-electron chi connectivity index (χ2n) is 3.03. The Balaban J connectivity index is 3.31. The normalized spacial score (nSPS) is 10.6. The average Bonchev–Trinajstić information content (AvgIpc) is 2.21. The molecule has 0 aliphatic rings. The van der Waals surface area contributed by atoms with Crippen LogP contribution in [0.2, 0.25) is 0 Å². The van der Waals surface area contributed by atoms with E-state index in [2.05, 4.69) is 9.72 Å². The molecule has 0 bridgehead atoms. The third-order valence-corrected chi connectivity index (χ3v) is 2.00. The van der Waals surface area contributed by atoms with Gasteiger partial charge in [0.05, 0.1) is 17.7 Å². The monoisotopic (exact) mass is 233 g/mol. The summed E-state index contributed by atoms with van der Waals surface area (Å²) in [6, 6.07) is 0. The van der Waals surface area contributed by atoms with Crippen molar-refractivity contribution < 1.29 is 22.7 Å². The summed E-state index contributed by atoms with van der Waals surface area (Å²) in [5, 5.41) is 0. The van der Waals surface area contributed by atoms with Gasteiger partial charge in [0, 0.05) is 11.8 Å². The number of alkyl halides is 2. The Labute approximate surface area is 90.2 Å². The second kappa shape index (κ2) is 4.96. The number of hydrogen-bond acceptors (Lipinski definition) is 3. The molecule has 1 heterocycles. The van der Waals surface area contributed by atoms with Crippen molar-refractivity contribution in [2.75, 3.05) is 6.61 Å². The first-order valence-corrected chi connectivity index (χ1v) is 4.59. The van der Waals surface area contributed by atoms with Crippen LogP contribution in [0.3, 0.4) is 0 Å². The molecule has 88 valence electrons. The Kier molecular flexibility index (Phi) is 3.87. The van der Waals surface area contributed by atoms with Crippen molar-refractivity contribution in [3.63, 3.8) is 0 Å². The standard InChI is InChI=1S/C10H10F3NO2/c1-3-16-10(15)7-5(2)9(13)14-4-6(7)8(11)12/h4,8H,3H2,1-2H3. The first kappa shape index (κ1) is 12.5. The molecule has 1 aromatic heterocycles. The molecule has 0 aromatic carbocycles. The molecule has 0 saturated carbocycles. The minimum Gasteiger partial charge on any atom is -0.462 e. The number of carbonyl (C=O) groups is 1. The molecule has 0 fully saturated rings. The molecule has 0 aliphatic carbocycles. The van der Waals surface area contributed by atoms with E-state index in [0.29, 0.717) is 6.20 Å². The molecule has 1 rings (SSSR count). The zero-order chi connectivity index (χ0) is 12.3.